The molecule has 42 heavy (non-hydrogen) atoms. The Bertz CT molecular complexity index is 757. The number of nitrogens with zero attached hydrogens (tertiary/aromatic N) is 2. The van der Waals surface area contributed by atoms with Gasteiger partial charge in [-0.05, 0) is 70.8 Å². The second kappa shape index (κ2) is 24.5. The number of nitrogens with one attached hydrogen (secondary N) is 2. The first-order valence-corrected chi connectivity index (χ1v) is 17.6. The van der Waals surface area contributed by atoms with Crippen LogP contribution in [0.4, 0.5) is 0 Å². The van der Waals surface area contributed by atoms with Crippen LogP contribution in [0.3, 0.4) is 0 Å². The monoisotopic (exact) mass is 591 g/mol. The van der Waals surface area contributed by atoms with Crippen molar-refractivity contribution in [3.05, 3.63) is 12.2 Å². The molecule has 2 N–H and O–H groups in total. The van der Waals surface area contributed by atoms with Gasteiger partial charge in [-0.25, -0.2) is 0 Å². The van der Waals surface area contributed by atoms with Gasteiger partial charge >= 0.3 is 0 Å². The molecule has 0 radical (unpaired) electrons. The van der Waals surface area contributed by atoms with Gasteiger partial charge in [-0.1, -0.05) is 78.9 Å². The number of unbranched alkanes of at least 4 members (excludes halogenated alkanes) is 6. The van der Waals surface area contributed by atoms with Crippen LogP contribution < -0.4 is 10.6 Å². The first-order valence-electron chi connectivity index (χ1n) is 17.6. The normalized spacial score (nSPS) is 20.5. The van der Waals surface area contributed by atoms with Gasteiger partial charge in [-0.2, -0.15) is 0 Å². The lowest BCUT2D eigenvalue weighted by atomic mass is 10.1. The second-order valence-corrected chi connectivity index (χ2v) is 12.5. The number of hydrogen-bond donors (Lipinski definition) is 2. The quantitative estimate of drug-likeness (QED) is 0.181. The van der Waals surface area contributed by atoms with E-state index >= 15 is 0 Å². The standard InChI is InChI=1S/C35H66N4O3/c1-6-9-10-11-12-13-14-15-17-22-32-29-33(40)37-24-21-28-39(35(42)31(5)8-3)26-19-16-18-25-38(27-20-23-36-32)34(41)30(4)7-2/h15,17,30-32,36H,6-14,16,18-29H2,1-5H3,(H,37,40)/b17-15-/t30?,31?,32-/m0/s1. The Labute approximate surface area is 259 Å². The van der Waals surface area contributed by atoms with Gasteiger partial charge in [0.1, 0.15) is 0 Å². The Morgan fingerprint density at radius 3 is 1.90 bits per heavy atom. The Hall–Kier alpha value is -1.89. The Morgan fingerprint density at radius 1 is 0.762 bits per heavy atom. The minimum absolute atomic E-state index is 0.0158. The number of hydrogen-bond acceptors (Lipinski definition) is 4. The van der Waals surface area contributed by atoms with E-state index in [1.807, 2.05) is 23.6 Å². The summed E-state index contributed by atoms with van der Waals surface area (Å²) in [4.78, 5) is 43.0. The molecule has 0 bridgehead atoms. The van der Waals surface area contributed by atoms with Crippen LogP contribution in [-0.4, -0.2) is 72.8 Å². The van der Waals surface area contributed by atoms with Crippen molar-refractivity contribution in [3.63, 3.8) is 0 Å². The van der Waals surface area contributed by atoms with Gasteiger partial charge in [-0.15, -0.1) is 0 Å². The summed E-state index contributed by atoms with van der Waals surface area (Å²) in [6.45, 7) is 14.7. The third kappa shape index (κ3) is 17.3. The van der Waals surface area contributed by atoms with Gasteiger partial charge in [0.2, 0.25) is 17.7 Å². The van der Waals surface area contributed by atoms with Crippen LogP contribution in [0.5, 0.6) is 0 Å². The molecule has 1 aliphatic rings. The number of amides is 3. The molecule has 3 atom stereocenters. The minimum Gasteiger partial charge on any atom is -0.356 e. The lowest BCUT2D eigenvalue weighted by Crippen LogP contribution is -2.41. The van der Waals surface area contributed by atoms with Crippen LogP contribution in [0.2, 0.25) is 0 Å². The maximum Gasteiger partial charge on any atom is 0.225 e. The summed E-state index contributed by atoms with van der Waals surface area (Å²) < 4.78 is 0. The molecule has 2 unspecified atom stereocenters. The van der Waals surface area contributed by atoms with Crippen LogP contribution in [0, 0.1) is 11.8 Å². The summed E-state index contributed by atoms with van der Waals surface area (Å²) >= 11 is 0. The maximum absolute atomic E-state index is 13.1. The lowest BCUT2D eigenvalue weighted by molar-refractivity contribution is -0.135. The average molecular weight is 591 g/mol. The molecule has 0 saturated carbocycles. The van der Waals surface area contributed by atoms with E-state index in [1.54, 1.807) is 0 Å². The smallest absolute Gasteiger partial charge is 0.225 e. The molecule has 0 aromatic rings. The number of allylic oxidation sites excluding steroid dienone is 1. The molecule has 0 spiro atoms. The number of carbonyl (C=O) groups is 3. The van der Waals surface area contributed by atoms with E-state index in [0.29, 0.717) is 19.5 Å². The molecule has 1 rings (SSSR count). The van der Waals surface area contributed by atoms with Crippen LogP contribution in [-0.2, 0) is 14.4 Å². The molecular weight excluding hydrogens is 524 g/mol. The van der Waals surface area contributed by atoms with Crippen molar-refractivity contribution in [2.45, 2.75) is 143 Å². The summed E-state index contributed by atoms with van der Waals surface area (Å²) in [5.74, 6) is 0.568. The van der Waals surface area contributed by atoms with E-state index in [0.717, 1.165) is 84.0 Å². The minimum atomic E-state index is 0.0158. The highest BCUT2D eigenvalue weighted by atomic mass is 16.2. The summed E-state index contributed by atoms with van der Waals surface area (Å²) in [5.41, 5.74) is 0. The molecule has 1 fully saturated rings. The fraction of sp³-hybridized carbons (Fsp3) is 0.857. The highest BCUT2D eigenvalue weighted by molar-refractivity contribution is 5.79. The molecule has 3 amide bonds. The van der Waals surface area contributed by atoms with Crippen LogP contribution in [0.1, 0.15) is 137 Å². The molecule has 1 heterocycles. The van der Waals surface area contributed by atoms with Crippen LogP contribution in [0.15, 0.2) is 12.2 Å². The fourth-order valence-electron chi connectivity index (χ4n) is 5.45. The van der Waals surface area contributed by atoms with E-state index in [9.17, 15) is 14.4 Å². The maximum atomic E-state index is 13.1. The van der Waals surface area contributed by atoms with Gasteiger partial charge in [0.25, 0.3) is 0 Å². The predicted molar refractivity (Wildman–Crippen MR) is 176 cm³/mol. The van der Waals surface area contributed by atoms with Crippen molar-refractivity contribution in [3.8, 4) is 0 Å². The molecular formula is C35H66N4O3. The van der Waals surface area contributed by atoms with Crippen molar-refractivity contribution >= 4 is 17.7 Å². The van der Waals surface area contributed by atoms with E-state index in [-0.39, 0.29) is 35.6 Å². The summed E-state index contributed by atoms with van der Waals surface area (Å²) in [6, 6.07) is 0.0758. The molecule has 0 aliphatic carbocycles. The summed E-state index contributed by atoms with van der Waals surface area (Å²) in [6.07, 6.45) is 20.9. The zero-order valence-corrected chi connectivity index (χ0v) is 28.1. The van der Waals surface area contributed by atoms with E-state index in [2.05, 4.69) is 43.6 Å². The van der Waals surface area contributed by atoms with Gasteiger partial charge < -0.3 is 20.4 Å². The predicted octanol–water partition coefficient (Wildman–Crippen LogP) is 6.86. The zero-order chi connectivity index (χ0) is 31.0. The third-order valence-electron chi connectivity index (χ3n) is 8.76. The van der Waals surface area contributed by atoms with Crippen molar-refractivity contribution < 1.29 is 14.4 Å². The highest BCUT2D eigenvalue weighted by Gasteiger charge is 2.21. The van der Waals surface area contributed by atoms with Crippen molar-refractivity contribution in [1.29, 1.82) is 0 Å². The van der Waals surface area contributed by atoms with Crippen LogP contribution in [0.25, 0.3) is 0 Å². The van der Waals surface area contributed by atoms with Gasteiger partial charge in [0.15, 0.2) is 0 Å². The topological polar surface area (TPSA) is 81.8 Å². The summed E-state index contributed by atoms with van der Waals surface area (Å²) in [7, 11) is 0. The fourth-order valence-corrected chi connectivity index (χ4v) is 5.45. The molecule has 7 heteroatoms. The number of rotatable bonds is 13. The highest BCUT2D eigenvalue weighted by Crippen LogP contribution is 2.13. The second-order valence-electron chi connectivity index (χ2n) is 12.5. The van der Waals surface area contributed by atoms with Crippen molar-refractivity contribution in [2.24, 2.45) is 11.8 Å². The lowest BCUT2D eigenvalue weighted by Gasteiger charge is -2.28. The third-order valence-corrected chi connectivity index (χ3v) is 8.76. The SMILES string of the molecule is CCCCCCCC/C=C\C[C@H]1CC(=O)NCCCN(C(=O)C(C)CC)CCCCCN(C(=O)C(C)CC)CCCN1. The Morgan fingerprint density at radius 2 is 1.31 bits per heavy atom. The Balaban J connectivity index is 2.81. The molecule has 1 saturated heterocycles. The van der Waals surface area contributed by atoms with Crippen LogP contribution >= 0.6 is 0 Å². The average Bonchev–Trinajstić information content (AvgIpc) is 2.99. The first kappa shape index (κ1) is 38.1. The molecule has 0 aromatic carbocycles. The first-order chi connectivity index (χ1) is 20.3. The van der Waals surface area contributed by atoms with Gasteiger partial charge in [-0.3, -0.25) is 14.4 Å². The Kier molecular flexibility index (Phi) is 22.3. The van der Waals surface area contributed by atoms with Crippen molar-refractivity contribution in [1.82, 2.24) is 20.4 Å². The van der Waals surface area contributed by atoms with E-state index in [1.165, 1.54) is 38.5 Å². The van der Waals surface area contributed by atoms with E-state index < -0.39 is 0 Å². The number of carbonyl (C=O) groups excluding carboxylic acids is 3. The van der Waals surface area contributed by atoms with Gasteiger partial charge in [0.05, 0.1) is 0 Å². The molecule has 1 aliphatic heterocycles. The zero-order valence-electron chi connectivity index (χ0n) is 28.1. The molecule has 0 aromatic heterocycles. The van der Waals surface area contributed by atoms with Crippen molar-refractivity contribution in [2.75, 3.05) is 39.3 Å². The summed E-state index contributed by atoms with van der Waals surface area (Å²) in [5, 5.41) is 6.72. The van der Waals surface area contributed by atoms with Gasteiger partial charge in [0, 0.05) is 57.0 Å². The molecule has 244 valence electrons. The largest absolute Gasteiger partial charge is 0.356 e. The van der Waals surface area contributed by atoms with E-state index in [4.69, 9.17) is 0 Å². The molecule has 7 nitrogen and oxygen atoms in total.